The quantitative estimate of drug-likeness (QED) is 0.902. The molecule has 0 saturated carbocycles. The van der Waals surface area contributed by atoms with Crippen LogP contribution in [0.2, 0.25) is 0 Å². The van der Waals surface area contributed by atoms with Crippen LogP contribution in [0.15, 0.2) is 16.5 Å². The maximum absolute atomic E-state index is 12.2. The minimum Gasteiger partial charge on any atom is -0.475 e. The molecular formula is C14H20N2O4. The lowest BCUT2D eigenvalue weighted by Gasteiger charge is -2.35. The summed E-state index contributed by atoms with van der Waals surface area (Å²) >= 11 is 0. The molecule has 6 nitrogen and oxygen atoms in total. The molecule has 0 aromatic carbocycles. The van der Waals surface area contributed by atoms with Crippen molar-refractivity contribution in [3.63, 3.8) is 0 Å². The molecule has 2 heterocycles. The second kappa shape index (κ2) is 6.09. The van der Waals surface area contributed by atoms with E-state index >= 15 is 0 Å². The Kier molecular flexibility index (Phi) is 4.44. The highest BCUT2D eigenvalue weighted by molar-refractivity contribution is 5.93. The van der Waals surface area contributed by atoms with E-state index in [1.807, 2.05) is 0 Å². The van der Waals surface area contributed by atoms with Crippen molar-refractivity contribution in [2.24, 2.45) is 5.92 Å². The minimum absolute atomic E-state index is 0.0970. The summed E-state index contributed by atoms with van der Waals surface area (Å²) in [5, 5.41) is 8.78. The summed E-state index contributed by atoms with van der Waals surface area (Å²) in [6.45, 7) is 8.36. The van der Waals surface area contributed by atoms with Gasteiger partial charge in [-0.05, 0) is 18.1 Å². The van der Waals surface area contributed by atoms with Gasteiger partial charge in [0.1, 0.15) is 0 Å². The molecular weight excluding hydrogens is 260 g/mol. The largest absolute Gasteiger partial charge is 0.475 e. The van der Waals surface area contributed by atoms with Gasteiger partial charge in [0.15, 0.2) is 5.76 Å². The van der Waals surface area contributed by atoms with Gasteiger partial charge in [0, 0.05) is 32.7 Å². The first-order valence-electron chi connectivity index (χ1n) is 6.82. The minimum atomic E-state index is -1.16. The highest BCUT2D eigenvalue weighted by Crippen LogP contribution is 2.13. The van der Waals surface area contributed by atoms with Crippen LogP contribution in [-0.4, -0.2) is 59.5 Å². The van der Waals surface area contributed by atoms with Gasteiger partial charge < -0.3 is 14.4 Å². The number of piperazine rings is 1. The van der Waals surface area contributed by atoms with Crippen molar-refractivity contribution >= 4 is 11.9 Å². The Labute approximate surface area is 118 Å². The molecule has 6 heteroatoms. The standard InChI is InChI=1S/C14H20N2O4/c1-10(2)9-15-5-7-16(8-6-15)13(17)11-3-4-12(20-11)14(18)19/h3-4,10H,5-9H2,1-2H3,(H,18,19). The number of carboxylic acid groups (broad SMARTS) is 1. The number of amides is 1. The molecule has 2 rings (SSSR count). The van der Waals surface area contributed by atoms with Crippen LogP contribution in [0.1, 0.15) is 35.0 Å². The van der Waals surface area contributed by atoms with Crippen LogP contribution in [0.5, 0.6) is 0 Å². The van der Waals surface area contributed by atoms with Crippen molar-refractivity contribution in [3.05, 3.63) is 23.7 Å². The molecule has 110 valence electrons. The lowest BCUT2D eigenvalue weighted by molar-refractivity contribution is 0.0582. The zero-order valence-corrected chi connectivity index (χ0v) is 11.8. The smallest absolute Gasteiger partial charge is 0.371 e. The van der Waals surface area contributed by atoms with Gasteiger partial charge in [-0.1, -0.05) is 13.8 Å². The van der Waals surface area contributed by atoms with Crippen molar-refractivity contribution < 1.29 is 19.1 Å². The van der Waals surface area contributed by atoms with E-state index in [9.17, 15) is 9.59 Å². The molecule has 1 N–H and O–H groups in total. The Hall–Kier alpha value is -1.82. The molecule has 1 aromatic rings. The molecule has 1 aliphatic rings. The van der Waals surface area contributed by atoms with Crippen LogP contribution in [0.25, 0.3) is 0 Å². The lowest BCUT2D eigenvalue weighted by Crippen LogP contribution is -2.49. The normalized spacial score (nSPS) is 16.6. The zero-order valence-electron chi connectivity index (χ0n) is 11.8. The number of carbonyl (C=O) groups is 2. The van der Waals surface area contributed by atoms with Gasteiger partial charge in [0.25, 0.3) is 5.91 Å². The number of rotatable bonds is 4. The van der Waals surface area contributed by atoms with E-state index in [2.05, 4.69) is 18.7 Å². The lowest BCUT2D eigenvalue weighted by atomic mass is 10.2. The molecule has 20 heavy (non-hydrogen) atoms. The van der Waals surface area contributed by atoms with Gasteiger partial charge >= 0.3 is 5.97 Å². The van der Waals surface area contributed by atoms with Gasteiger partial charge in [-0.15, -0.1) is 0 Å². The summed E-state index contributed by atoms with van der Waals surface area (Å²) < 4.78 is 5.05. The fraction of sp³-hybridized carbons (Fsp3) is 0.571. The first-order chi connectivity index (χ1) is 9.47. The number of carbonyl (C=O) groups excluding carboxylic acids is 1. The molecule has 0 radical (unpaired) electrons. The average Bonchev–Trinajstić information content (AvgIpc) is 2.88. The van der Waals surface area contributed by atoms with Gasteiger partial charge in [-0.3, -0.25) is 9.69 Å². The van der Waals surface area contributed by atoms with Crippen LogP contribution in [0.3, 0.4) is 0 Å². The summed E-state index contributed by atoms with van der Waals surface area (Å²) in [5.41, 5.74) is 0. The number of aromatic carboxylic acids is 1. The summed E-state index contributed by atoms with van der Waals surface area (Å²) in [5.74, 6) is -0.889. The fourth-order valence-electron chi connectivity index (χ4n) is 2.37. The van der Waals surface area contributed by atoms with Gasteiger partial charge in [-0.2, -0.15) is 0 Å². The van der Waals surface area contributed by atoms with Gasteiger partial charge in [0.05, 0.1) is 0 Å². The van der Waals surface area contributed by atoms with Crippen LogP contribution in [0.4, 0.5) is 0 Å². The highest BCUT2D eigenvalue weighted by atomic mass is 16.4. The van der Waals surface area contributed by atoms with Crippen LogP contribution in [0, 0.1) is 5.92 Å². The van der Waals surface area contributed by atoms with Crippen molar-refractivity contribution in [1.29, 1.82) is 0 Å². The van der Waals surface area contributed by atoms with Crippen molar-refractivity contribution in [2.75, 3.05) is 32.7 Å². The molecule has 0 unspecified atom stereocenters. The SMILES string of the molecule is CC(C)CN1CCN(C(=O)c2ccc(C(=O)O)o2)CC1. The third-order valence-corrected chi connectivity index (χ3v) is 3.31. The van der Waals surface area contributed by atoms with E-state index in [1.54, 1.807) is 4.90 Å². The summed E-state index contributed by atoms with van der Waals surface area (Å²) in [6.07, 6.45) is 0. The first kappa shape index (κ1) is 14.6. The van der Waals surface area contributed by atoms with E-state index in [0.29, 0.717) is 19.0 Å². The van der Waals surface area contributed by atoms with Gasteiger partial charge in [-0.25, -0.2) is 4.79 Å². The third-order valence-electron chi connectivity index (χ3n) is 3.31. The predicted octanol–water partition coefficient (Wildman–Crippen LogP) is 1.39. The zero-order chi connectivity index (χ0) is 14.7. The number of nitrogens with zero attached hydrogens (tertiary/aromatic N) is 2. The predicted molar refractivity (Wildman–Crippen MR) is 72.8 cm³/mol. The van der Waals surface area contributed by atoms with E-state index < -0.39 is 5.97 Å². The Morgan fingerprint density at radius 3 is 2.30 bits per heavy atom. The topological polar surface area (TPSA) is 74.0 Å². The Morgan fingerprint density at radius 1 is 1.20 bits per heavy atom. The molecule has 0 aliphatic carbocycles. The second-order valence-electron chi connectivity index (χ2n) is 5.46. The maximum Gasteiger partial charge on any atom is 0.371 e. The highest BCUT2D eigenvalue weighted by Gasteiger charge is 2.25. The van der Waals surface area contributed by atoms with Crippen molar-refractivity contribution in [3.8, 4) is 0 Å². The van der Waals surface area contributed by atoms with Crippen LogP contribution in [-0.2, 0) is 0 Å². The molecule has 1 saturated heterocycles. The Morgan fingerprint density at radius 2 is 1.80 bits per heavy atom. The number of hydrogen-bond acceptors (Lipinski definition) is 4. The summed E-state index contributed by atoms with van der Waals surface area (Å²) in [6, 6.07) is 2.73. The molecule has 1 fully saturated rings. The number of hydrogen-bond donors (Lipinski definition) is 1. The third kappa shape index (κ3) is 3.39. The fourth-order valence-corrected chi connectivity index (χ4v) is 2.37. The molecule has 0 bridgehead atoms. The molecule has 0 atom stereocenters. The van der Waals surface area contributed by atoms with E-state index in [4.69, 9.17) is 9.52 Å². The van der Waals surface area contributed by atoms with Gasteiger partial charge in [0.2, 0.25) is 5.76 Å². The average molecular weight is 280 g/mol. The number of carboxylic acids is 1. The monoisotopic (exact) mass is 280 g/mol. The van der Waals surface area contributed by atoms with E-state index in [0.717, 1.165) is 19.6 Å². The first-order valence-corrected chi connectivity index (χ1v) is 6.82. The summed E-state index contributed by atoms with van der Waals surface area (Å²) in [7, 11) is 0. The number of furan rings is 1. The van der Waals surface area contributed by atoms with Crippen molar-refractivity contribution in [2.45, 2.75) is 13.8 Å². The van der Waals surface area contributed by atoms with Crippen molar-refractivity contribution in [1.82, 2.24) is 9.80 Å². The Balaban J connectivity index is 1.92. The summed E-state index contributed by atoms with van der Waals surface area (Å²) in [4.78, 5) is 27.0. The van der Waals surface area contributed by atoms with E-state index in [-0.39, 0.29) is 17.4 Å². The molecule has 1 amide bonds. The molecule has 1 aromatic heterocycles. The second-order valence-corrected chi connectivity index (χ2v) is 5.46. The van der Waals surface area contributed by atoms with Crippen LogP contribution >= 0.6 is 0 Å². The molecule has 0 spiro atoms. The van der Waals surface area contributed by atoms with E-state index in [1.165, 1.54) is 12.1 Å². The van der Waals surface area contributed by atoms with Crippen LogP contribution < -0.4 is 0 Å². The maximum atomic E-state index is 12.2. The molecule has 1 aliphatic heterocycles. The Bertz CT molecular complexity index is 487.